The number of rotatable bonds is 2. The summed E-state index contributed by atoms with van der Waals surface area (Å²) < 4.78 is 2.43. The molecule has 0 N–H and O–H groups in total. The fourth-order valence-corrected chi connectivity index (χ4v) is 4.44. The van der Waals surface area contributed by atoms with E-state index in [0.717, 1.165) is 12.8 Å². The van der Waals surface area contributed by atoms with Gasteiger partial charge in [0.25, 0.3) is 0 Å². The number of aryl methyl sites for hydroxylation is 2. The highest BCUT2D eigenvalue weighted by Gasteiger charge is 2.17. The van der Waals surface area contributed by atoms with Crippen LogP contribution in [0.4, 0.5) is 0 Å². The fourth-order valence-electron chi connectivity index (χ4n) is 4.44. The molecule has 1 aliphatic rings. The van der Waals surface area contributed by atoms with E-state index in [1.54, 1.807) is 0 Å². The minimum Gasteiger partial charge on any atom is -0.310 e. The van der Waals surface area contributed by atoms with Gasteiger partial charge in [0, 0.05) is 16.5 Å². The van der Waals surface area contributed by atoms with Crippen molar-refractivity contribution < 1.29 is 0 Å². The van der Waals surface area contributed by atoms with Gasteiger partial charge in [-0.3, -0.25) is 0 Å². The van der Waals surface area contributed by atoms with E-state index in [1.165, 1.54) is 49.8 Å². The molecule has 1 aliphatic carbocycles. The van der Waals surface area contributed by atoms with E-state index in [4.69, 9.17) is 0 Å². The van der Waals surface area contributed by atoms with Crippen molar-refractivity contribution in [2.75, 3.05) is 0 Å². The van der Waals surface area contributed by atoms with Crippen molar-refractivity contribution in [1.82, 2.24) is 4.57 Å². The summed E-state index contributed by atoms with van der Waals surface area (Å²) in [5.74, 6) is 0. The van der Waals surface area contributed by atoms with Gasteiger partial charge in [0.2, 0.25) is 0 Å². The molecule has 1 heteroatoms. The average molecular weight is 349 g/mol. The topological polar surface area (TPSA) is 4.93 Å². The van der Waals surface area contributed by atoms with Gasteiger partial charge in [0.1, 0.15) is 0 Å². The monoisotopic (exact) mass is 349 g/mol. The Hall–Kier alpha value is -3.06. The lowest BCUT2D eigenvalue weighted by atomic mass is 9.94. The largest absolute Gasteiger partial charge is 0.310 e. The summed E-state index contributed by atoms with van der Waals surface area (Å²) in [7, 11) is 0. The summed E-state index contributed by atoms with van der Waals surface area (Å²) in [6, 6.07) is 22.1. The van der Waals surface area contributed by atoms with Gasteiger partial charge in [0.05, 0.1) is 11.0 Å². The summed E-state index contributed by atoms with van der Waals surface area (Å²) in [6.45, 7) is 4.46. The van der Waals surface area contributed by atoms with Crippen LogP contribution in [0.25, 0.3) is 38.6 Å². The van der Waals surface area contributed by atoms with Crippen LogP contribution < -0.4 is 0 Å². The standard InChI is InChI=1S/C26H23N/c1-18-10-6-7-13-21(18)22-16-17-25-26(19(22)2)23-14-8-9-15-24(23)27(25)20-11-4-3-5-12-20/h4,6-17H,3,5H2,1-2H3. The van der Waals surface area contributed by atoms with E-state index in [0.29, 0.717) is 0 Å². The Bertz CT molecular complexity index is 1230. The maximum Gasteiger partial charge on any atom is 0.0544 e. The molecule has 1 nitrogen and oxygen atoms in total. The van der Waals surface area contributed by atoms with Gasteiger partial charge < -0.3 is 4.57 Å². The third-order valence-corrected chi connectivity index (χ3v) is 5.77. The fraction of sp³-hybridized carbons (Fsp3) is 0.154. The van der Waals surface area contributed by atoms with E-state index in [9.17, 15) is 0 Å². The van der Waals surface area contributed by atoms with Gasteiger partial charge in [-0.25, -0.2) is 0 Å². The van der Waals surface area contributed by atoms with Crippen LogP contribution in [-0.4, -0.2) is 4.57 Å². The first-order valence-electron chi connectivity index (χ1n) is 9.71. The van der Waals surface area contributed by atoms with E-state index in [-0.39, 0.29) is 0 Å². The first-order chi connectivity index (χ1) is 13.3. The number of hydrogen-bond donors (Lipinski definition) is 0. The van der Waals surface area contributed by atoms with Crippen molar-refractivity contribution in [3.05, 3.63) is 90.0 Å². The van der Waals surface area contributed by atoms with Crippen molar-refractivity contribution in [3.8, 4) is 11.1 Å². The molecule has 27 heavy (non-hydrogen) atoms. The Morgan fingerprint density at radius 1 is 0.741 bits per heavy atom. The normalized spacial score (nSPS) is 14.1. The lowest BCUT2D eigenvalue weighted by Crippen LogP contribution is -1.97. The number of para-hydroxylation sites is 1. The smallest absolute Gasteiger partial charge is 0.0544 e. The van der Waals surface area contributed by atoms with E-state index >= 15 is 0 Å². The van der Waals surface area contributed by atoms with Crippen LogP contribution >= 0.6 is 0 Å². The lowest BCUT2D eigenvalue weighted by molar-refractivity contribution is 1.02. The Morgan fingerprint density at radius 3 is 2.37 bits per heavy atom. The van der Waals surface area contributed by atoms with Gasteiger partial charge in [-0.15, -0.1) is 0 Å². The molecular formula is C26H23N. The third kappa shape index (κ3) is 2.46. The molecule has 4 aromatic rings. The molecule has 0 fully saturated rings. The van der Waals surface area contributed by atoms with Crippen molar-refractivity contribution in [1.29, 1.82) is 0 Å². The molecule has 0 spiro atoms. The molecule has 5 rings (SSSR count). The molecule has 0 saturated heterocycles. The summed E-state index contributed by atoms with van der Waals surface area (Å²) >= 11 is 0. The predicted molar refractivity (Wildman–Crippen MR) is 117 cm³/mol. The molecule has 1 aromatic heterocycles. The molecule has 0 radical (unpaired) electrons. The maximum atomic E-state index is 2.43. The number of fused-ring (bicyclic) bond motifs is 3. The SMILES string of the molecule is Cc1ccccc1-c1ccc2c(c1C)c1ccccc1n2C1=CCCC=C1. The summed E-state index contributed by atoms with van der Waals surface area (Å²) in [5.41, 5.74) is 9.20. The third-order valence-electron chi connectivity index (χ3n) is 5.77. The van der Waals surface area contributed by atoms with Crippen LogP contribution in [-0.2, 0) is 0 Å². The van der Waals surface area contributed by atoms with Crippen LogP contribution in [0, 0.1) is 13.8 Å². The number of benzene rings is 3. The van der Waals surface area contributed by atoms with Gasteiger partial charge in [-0.05, 0) is 67.2 Å². The molecule has 0 amide bonds. The molecule has 0 bridgehead atoms. The van der Waals surface area contributed by atoms with Gasteiger partial charge in [-0.2, -0.15) is 0 Å². The van der Waals surface area contributed by atoms with Crippen LogP contribution in [0.2, 0.25) is 0 Å². The number of nitrogens with zero attached hydrogens (tertiary/aromatic N) is 1. The molecule has 132 valence electrons. The zero-order chi connectivity index (χ0) is 18.4. The van der Waals surface area contributed by atoms with Crippen LogP contribution in [0.3, 0.4) is 0 Å². The second kappa shape index (κ2) is 6.28. The minimum absolute atomic E-state index is 1.11. The van der Waals surface area contributed by atoms with Crippen LogP contribution in [0.5, 0.6) is 0 Å². The number of hydrogen-bond acceptors (Lipinski definition) is 0. The molecule has 1 heterocycles. The van der Waals surface area contributed by atoms with E-state index in [1.807, 2.05) is 0 Å². The Balaban J connectivity index is 1.88. The van der Waals surface area contributed by atoms with Gasteiger partial charge >= 0.3 is 0 Å². The Kier molecular flexibility index (Phi) is 3.75. The summed E-state index contributed by atoms with van der Waals surface area (Å²) in [4.78, 5) is 0. The second-order valence-electron chi connectivity index (χ2n) is 7.41. The lowest BCUT2D eigenvalue weighted by Gasteiger charge is -2.14. The highest BCUT2D eigenvalue weighted by molar-refractivity contribution is 6.13. The molecule has 3 aromatic carbocycles. The quantitative estimate of drug-likeness (QED) is 0.358. The molecular weight excluding hydrogens is 326 g/mol. The van der Waals surface area contributed by atoms with Crippen LogP contribution in [0.1, 0.15) is 24.0 Å². The van der Waals surface area contributed by atoms with Crippen LogP contribution in [0.15, 0.2) is 78.9 Å². The van der Waals surface area contributed by atoms with Crippen molar-refractivity contribution in [2.24, 2.45) is 0 Å². The first-order valence-corrected chi connectivity index (χ1v) is 9.71. The Labute approximate surface area is 160 Å². The number of aromatic nitrogens is 1. The average Bonchev–Trinajstić information content (AvgIpc) is 3.05. The molecule has 0 atom stereocenters. The second-order valence-corrected chi connectivity index (χ2v) is 7.41. The molecule has 0 aliphatic heterocycles. The summed E-state index contributed by atoms with van der Waals surface area (Å²) in [5, 5.41) is 2.70. The first kappa shape index (κ1) is 16.1. The van der Waals surface area contributed by atoms with Gasteiger partial charge in [-0.1, -0.05) is 60.7 Å². The molecule has 0 saturated carbocycles. The van der Waals surface area contributed by atoms with E-state index < -0.39 is 0 Å². The number of allylic oxidation sites excluding steroid dienone is 4. The molecule has 0 unspecified atom stereocenters. The van der Waals surface area contributed by atoms with Crippen molar-refractivity contribution >= 4 is 27.5 Å². The zero-order valence-electron chi connectivity index (χ0n) is 15.9. The minimum atomic E-state index is 1.11. The highest BCUT2D eigenvalue weighted by atomic mass is 15.0. The van der Waals surface area contributed by atoms with E-state index in [2.05, 4.69) is 97.3 Å². The summed E-state index contributed by atoms with van der Waals surface area (Å²) in [6.07, 6.45) is 9.15. The maximum absolute atomic E-state index is 2.43. The van der Waals surface area contributed by atoms with Crippen molar-refractivity contribution in [3.63, 3.8) is 0 Å². The van der Waals surface area contributed by atoms with Gasteiger partial charge in [0.15, 0.2) is 0 Å². The van der Waals surface area contributed by atoms with Crippen molar-refractivity contribution in [2.45, 2.75) is 26.7 Å². The Morgan fingerprint density at radius 2 is 1.56 bits per heavy atom. The highest BCUT2D eigenvalue weighted by Crippen LogP contribution is 2.39. The zero-order valence-corrected chi connectivity index (χ0v) is 15.9. The predicted octanol–water partition coefficient (Wildman–Crippen LogP) is 7.27.